The van der Waals surface area contributed by atoms with Gasteiger partial charge in [-0.25, -0.2) is 4.98 Å². The Labute approximate surface area is 145 Å². The number of aromatic nitrogens is 1. The lowest BCUT2D eigenvalue weighted by atomic mass is 10.2. The molecule has 0 aliphatic heterocycles. The predicted molar refractivity (Wildman–Crippen MR) is 101 cm³/mol. The Morgan fingerprint density at radius 1 is 1.52 bits per heavy atom. The average Bonchev–Trinajstić information content (AvgIpc) is 2.53. The molecule has 23 heavy (non-hydrogen) atoms. The summed E-state index contributed by atoms with van der Waals surface area (Å²) in [6, 6.07) is 3.75. The molecular weight excluding hydrogens is 330 g/mol. The van der Waals surface area contributed by atoms with Crippen molar-refractivity contribution in [1.29, 1.82) is 0 Å². The number of hydrogen-bond acceptors (Lipinski definition) is 5. The van der Waals surface area contributed by atoms with Crippen LogP contribution in [0.25, 0.3) is 0 Å². The number of carbonyl (C=O) groups excluding carboxylic acids is 1. The highest BCUT2D eigenvalue weighted by molar-refractivity contribution is 8.74. The molecule has 0 spiro atoms. The van der Waals surface area contributed by atoms with Crippen LogP contribution < -0.4 is 5.73 Å². The van der Waals surface area contributed by atoms with Crippen LogP contribution in [0.3, 0.4) is 0 Å². The Bertz CT molecular complexity index is 526. The first-order valence-corrected chi connectivity index (χ1v) is 10.7. The maximum absolute atomic E-state index is 11.2. The van der Waals surface area contributed by atoms with Crippen LogP contribution in [0.2, 0.25) is 0 Å². The molecule has 0 bridgehead atoms. The SMILES string of the molecule is CCCS[S+](C)C(O)CC=CN(C=O)Cc1ccc(C)nc1N. The summed E-state index contributed by atoms with van der Waals surface area (Å²) in [5.74, 6) is 1.50. The standard InChI is InChI=1S/C16H26N3O2S2/c1-4-10-22-23(3)15(21)6-5-9-19(12-20)11-14-8-7-13(2)18-16(14)17/h5,7-9,12,15,21H,4,6,10-11H2,1-3H3,(H2,17,18)/q+1. The Kier molecular flexibility index (Phi) is 9.13. The number of nitrogens with two attached hydrogens (primary N) is 1. The molecule has 0 saturated carbocycles. The molecule has 1 aromatic rings. The van der Waals surface area contributed by atoms with Gasteiger partial charge >= 0.3 is 0 Å². The molecule has 7 heteroatoms. The predicted octanol–water partition coefficient (Wildman–Crippen LogP) is 2.46. The number of rotatable bonds is 10. The van der Waals surface area contributed by atoms with Crippen LogP contribution in [-0.2, 0) is 21.3 Å². The summed E-state index contributed by atoms with van der Waals surface area (Å²) in [6.45, 7) is 4.37. The summed E-state index contributed by atoms with van der Waals surface area (Å²) in [7, 11) is 1.70. The number of anilines is 1. The van der Waals surface area contributed by atoms with Crippen LogP contribution in [0.4, 0.5) is 5.82 Å². The lowest BCUT2D eigenvalue weighted by Gasteiger charge is -2.14. The van der Waals surface area contributed by atoms with E-state index in [9.17, 15) is 9.90 Å². The minimum absolute atomic E-state index is 0.0914. The second-order valence-electron chi connectivity index (χ2n) is 5.17. The lowest BCUT2D eigenvalue weighted by molar-refractivity contribution is -0.116. The second-order valence-corrected chi connectivity index (χ2v) is 9.64. The quantitative estimate of drug-likeness (QED) is 0.382. The highest BCUT2D eigenvalue weighted by Crippen LogP contribution is 2.21. The fraction of sp³-hybridized carbons (Fsp3) is 0.500. The fourth-order valence-electron chi connectivity index (χ4n) is 1.80. The van der Waals surface area contributed by atoms with Crippen LogP contribution in [0.5, 0.6) is 0 Å². The van der Waals surface area contributed by atoms with Gasteiger partial charge in [-0.1, -0.05) is 19.1 Å². The third kappa shape index (κ3) is 7.28. The second kappa shape index (κ2) is 10.6. The number of pyridine rings is 1. The minimum Gasteiger partial charge on any atom is -0.383 e. The van der Waals surface area contributed by atoms with E-state index < -0.39 is 0 Å². The molecule has 0 saturated heterocycles. The highest BCUT2D eigenvalue weighted by atomic mass is 33.1. The van der Waals surface area contributed by atoms with Crippen molar-refractivity contribution in [2.24, 2.45) is 0 Å². The molecule has 0 fully saturated rings. The van der Waals surface area contributed by atoms with Crippen molar-refractivity contribution in [1.82, 2.24) is 9.88 Å². The molecule has 2 unspecified atom stereocenters. The Balaban J connectivity index is 2.53. The van der Waals surface area contributed by atoms with Gasteiger partial charge in [0, 0.05) is 29.6 Å². The van der Waals surface area contributed by atoms with E-state index >= 15 is 0 Å². The number of nitrogen functional groups attached to an aromatic ring is 1. The first-order valence-electron chi connectivity index (χ1n) is 7.53. The van der Waals surface area contributed by atoms with Crippen molar-refractivity contribution in [2.75, 3.05) is 17.7 Å². The molecule has 0 aliphatic carbocycles. The number of aliphatic hydroxyl groups is 1. The fourth-order valence-corrected chi connectivity index (χ4v) is 4.77. The molecule has 1 aromatic heterocycles. The van der Waals surface area contributed by atoms with Gasteiger partial charge in [0.1, 0.15) is 12.1 Å². The van der Waals surface area contributed by atoms with Gasteiger partial charge in [0.2, 0.25) is 11.8 Å². The van der Waals surface area contributed by atoms with Crippen molar-refractivity contribution in [3.63, 3.8) is 0 Å². The summed E-state index contributed by atoms with van der Waals surface area (Å²) in [6.07, 6.45) is 7.95. The topological polar surface area (TPSA) is 79.5 Å². The molecule has 1 amide bonds. The molecule has 1 rings (SSSR count). The number of hydrogen-bond donors (Lipinski definition) is 2. The van der Waals surface area contributed by atoms with E-state index in [1.165, 1.54) is 4.90 Å². The van der Waals surface area contributed by atoms with E-state index in [0.29, 0.717) is 18.8 Å². The van der Waals surface area contributed by atoms with Gasteiger partial charge in [-0.2, -0.15) is 0 Å². The highest BCUT2D eigenvalue weighted by Gasteiger charge is 2.23. The Hall–Kier alpha value is -1.18. The lowest BCUT2D eigenvalue weighted by Crippen LogP contribution is -2.18. The summed E-state index contributed by atoms with van der Waals surface area (Å²) < 4.78 is 0. The third-order valence-electron chi connectivity index (χ3n) is 3.13. The van der Waals surface area contributed by atoms with Gasteiger partial charge in [-0.05, 0) is 19.4 Å². The number of carbonyl (C=O) groups is 1. The molecule has 0 aliphatic rings. The van der Waals surface area contributed by atoms with E-state index in [1.807, 2.05) is 25.1 Å². The molecule has 0 aromatic carbocycles. The van der Waals surface area contributed by atoms with Gasteiger partial charge in [-0.15, -0.1) is 0 Å². The van der Waals surface area contributed by atoms with E-state index in [-0.39, 0.29) is 15.4 Å². The maximum Gasteiger partial charge on any atom is 0.231 e. The van der Waals surface area contributed by atoms with Gasteiger partial charge in [0.15, 0.2) is 0 Å². The van der Waals surface area contributed by atoms with Crippen LogP contribution in [0.1, 0.15) is 31.0 Å². The van der Waals surface area contributed by atoms with Gasteiger partial charge in [0.25, 0.3) is 0 Å². The normalized spacial score (nSPS) is 13.9. The zero-order valence-electron chi connectivity index (χ0n) is 13.9. The van der Waals surface area contributed by atoms with Crippen molar-refractivity contribution < 1.29 is 9.90 Å². The van der Waals surface area contributed by atoms with Crippen molar-refractivity contribution in [3.05, 3.63) is 35.7 Å². The van der Waals surface area contributed by atoms with Crippen LogP contribution in [0, 0.1) is 6.92 Å². The van der Waals surface area contributed by atoms with Crippen molar-refractivity contribution >= 4 is 32.9 Å². The van der Waals surface area contributed by atoms with E-state index in [0.717, 1.165) is 29.8 Å². The maximum atomic E-state index is 11.2. The summed E-state index contributed by atoms with van der Waals surface area (Å²) in [5, 5.41) is 10.1. The number of aliphatic hydroxyl groups excluding tert-OH is 1. The monoisotopic (exact) mass is 356 g/mol. The average molecular weight is 357 g/mol. The van der Waals surface area contributed by atoms with Gasteiger partial charge in [-0.3, -0.25) is 4.79 Å². The number of amides is 1. The van der Waals surface area contributed by atoms with Crippen LogP contribution in [0.15, 0.2) is 24.4 Å². The third-order valence-corrected chi connectivity index (χ3v) is 7.32. The molecule has 5 nitrogen and oxygen atoms in total. The zero-order valence-corrected chi connectivity index (χ0v) is 15.6. The molecule has 1 heterocycles. The van der Waals surface area contributed by atoms with Crippen molar-refractivity contribution in [2.45, 2.75) is 38.7 Å². The summed E-state index contributed by atoms with van der Waals surface area (Å²) in [4.78, 5) is 16.9. The zero-order chi connectivity index (χ0) is 17.2. The smallest absolute Gasteiger partial charge is 0.231 e. The van der Waals surface area contributed by atoms with Crippen LogP contribution >= 0.6 is 10.8 Å². The molecule has 128 valence electrons. The minimum atomic E-state index is -0.387. The van der Waals surface area contributed by atoms with Crippen LogP contribution in [-0.4, -0.2) is 38.8 Å². The Morgan fingerprint density at radius 2 is 2.26 bits per heavy atom. The summed E-state index contributed by atoms with van der Waals surface area (Å²) >= 11 is 0. The Morgan fingerprint density at radius 3 is 2.87 bits per heavy atom. The van der Waals surface area contributed by atoms with Crippen molar-refractivity contribution in [3.8, 4) is 0 Å². The first kappa shape index (κ1) is 19.9. The number of nitrogens with zero attached hydrogens (tertiary/aromatic N) is 2. The number of aryl methyl sites for hydroxylation is 1. The van der Waals surface area contributed by atoms with Gasteiger partial charge in [0.05, 0.1) is 27.3 Å². The van der Waals surface area contributed by atoms with E-state index in [4.69, 9.17) is 5.73 Å². The van der Waals surface area contributed by atoms with E-state index in [1.54, 1.807) is 17.0 Å². The van der Waals surface area contributed by atoms with E-state index in [2.05, 4.69) is 18.2 Å². The molecule has 3 N–H and O–H groups in total. The summed E-state index contributed by atoms with van der Waals surface area (Å²) in [5.41, 5.74) is 7.14. The molecule has 2 atom stereocenters. The first-order chi connectivity index (χ1) is 11.0. The molecule has 0 radical (unpaired) electrons. The molecular formula is C16H26N3O2S2+. The van der Waals surface area contributed by atoms with Gasteiger partial charge < -0.3 is 15.7 Å². The largest absolute Gasteiger partial charge is 0.383 e.